The van der Waals surface area contributed by atoms with Crippen LogP contribution in [-0.2, 0) is 9.53 Å². The molecule has 1 N–H and O–H groups in total. The van der Waals surface area contributed by atoms with Crippen LogP contribution in [0.2, 0.25) is 0 Å². The minimum absolute atomic E-state index is 0.129. The highest BCUT2D eigenvalue weighted by Crippen LogP contribution is 2.21. The zero-order valence-corrected chi connectivity index (χ0v) is 13.8. The number of rotatable bonds is 8. The lowest BCUT2D eigenvalue weighted by molar-refractivity contribution is -0.136. The second kappa shape index (κ2) is 8.27. The maximum atomic E-state index is 12.2. The van der Waals surface area contributed by atoms with Crippen molar-refractivity contribution in [3.8, 4) is 5.75 Å². The number of nitrogens with one attached hydrogen (secondary N) is 1. The van der Waals surface area contributed by atoms with Crippen molar-refractivity contribution in [2.45, 2.75) is 32.3 Å². The molecular weight excluding hydrogens is 322 g/mol. The molecule has 0 aliphatic rings. The van der Waals surface area contributed by atoms with E-state index in [0.29, 0.717) is 13.0 Å². The lowest BCUT2D eigenvalue weighted by Gasteiger charge is -2.26. The third-order valence-electron chi connectivity index (χ3n) is 3.12. The largest absolute Gasteiger partial charge is 0.493 e. The van der Waals surface area contributed by atoms with Crippen LogP contribution in [0, 0.1) is 0 Å². The van der Waals surface area contributed by atoms with E-state index >= 15 is 0 Å². The molecule has 0 aliphatic heterocycles. The number of ether oxygens (including phenoxy) is 2. The molecule has 112 valence electrons. The number of amides is 1. The summed E-state index contributed by atoms with van der Waals surface area (Å²) in [4.78, 5) is 12.2. The average Bonchev–Trinajstić information content (AvgIpc) is 2.46. The molecule has 0 fully saturated rings. The Hall–Kier alpha value is -1.07. The molecule has 1 amide bonds. The first kappa shape index (κ1) is 17.0. The molecule has 0 bridgehead atoms. The Morgan fingerprint density at radius 3 is 2.50 bits per heavy atom. The van der Waals surface area contributed by atoms with Crippen LogP contribution >= 0.6 is 15.9 Å². The molecule has 0 saturated carbocycles. The van der Waals surface area contributed by atoms with E-state index in [1.807, 2.05) is 31.2 Å². The second-order valence-corrected chi connectivity index (χ2v) is 5.49. The molecule has 1 aromatic rings. The van der Waals surface area contributed by atoms with Gasteiger partial charge in [0.1, 0.15) is 11.4 Å². The molecule has 0 unspecified atom stereocenters. The number of carbonyl (C=O) groups is 1. The van der Waals surface area contributed by atoms with E-state index in [-0.39, 0.29) is 5.91 Å². The normalized spacial score (nSPS) is 13.6. The van der Waals surface area contributed by atoms with Crippen molar-refractivity contribution < 1.29 is 14.3 Å². The fourth-order valence-electron chi connectivity index (χ4n) is 1.84. The molecule has 0 saturated heterocycles. The SMILES string of the molecule is CCC[C@@](C)(OC)C(=O)Nc1ccc(OCCBr)cc1. The first-order valence-corrected chi connectivity index (χ1v) is 7.83. The van der Waals surface area contributed by atoms with Crippen LogP contribution in [0.1, 0.15) is 26.7 Å². The van der Waals surface area contributed by atoms with Gasteiger partial charge in [0.15, 0.2) is 0 Å². The fourth-order valence-corrected chi connectivity index (χ4v) is 2.00. The maximum Gasteiger partial charge on any atom is 0.256 e. The first-order chi connectivity index (χ1) is 9.55. The summed E-state index contributed by atoms with van der Waals surface area (Å²) in [5.74, 6) is 0.654. The van der Waals surface area contributed by atoms with E-state index in [4.69, 9.17) is 9.47 Å². The van der Waals surface area contributed by atoms with Crippen molar-refractivity contribution in [2.75, 3.05) is 24.4 Å². The number of alkyl halides is 1. The predicted octanol–water partition coefficient (Wildman–Crippen LogP) is 3.60. The predicted molar refractivity (Wildman–Crippen MR) is 84.7 cm³/mol. The molecule has 1 atom stereocenters. The minimum atomic E-state index is -0.792. The summed E-state index contributed by atoms with van der Waals surface area (Å²) in [6.07, 6.45) is 1.57. The highest BCUT2D eigenvalue weighted by molar-refractivity contribution is 9.09. The summed E-state index contributed by atoms with van der Waals surface area (Å²) in [6, 6.07) is 7.32. The fraction of sp³-hybridized carbons (Fsp3) is 0.533. The van der Waals surface area contributed by atoms with E-state index < -0.39 is 5.60 Å². The van der Waals surface area contributed by atoms with Gasteiger partial charge in [0.25, 0.3) is 5.91 Å². The van der Waals surface area contributed by atoms with Crippen molar-refractivity contribution in [3.63, 3.8) is 0 Å². The standard InChI is InChI=1S/C15H22BrNO3/c1-4-9-15(2,19-3)14(18)17-12-5-7-13(8-6-12)20-11-10-16/h5-8H,4,9-11H2,1-3H3,(H,17,18)/t15-/m1/s1. The molecule has 0 aromatic heterocycles. The Morgan fingerprint density at radius 1 is 1.35 bits per heavy atom. The zero-order valence-electron chi connectivity index (χ0n) is 12.2. The van der Waals surface area contributed by atoms with E-state index in [9.17, 15) is 4.79 Å². The van der Waals surface area contributed by atoms with Crippen LogP contribution in [0.25, 0.3) is 0 Å². The third-order valence-corrected chi connectivity index (χ3v) is 3.44. The van der Waals surface area contributed by atoms with Crippen molar-refractivity contribution in [3.05, 3.63) is 24.3 Å². The van der Waals surface area contributed by atoms with Crippen molar-refractivity contribution in [1.82, 2.24) is 0 Å². The average molecular weight is 344 g/mol. The van der Waals surface area contributed by atoms with Gasteiger partial charge in [-0.15, -0.1) is 0 Å². The number of anilines is 1. The quantitative estimate of drug-likeness (QED) is 0.733. The number of halogens is 1. The molecule has 0 aliphatic carbocycles. The van der Waals surface area contributed by atoms with Gasteiger partial charge in [0.2, 0.25) is 0 Å². The van der Waals surface area contributed by atoms with Crippen molar-refractivity contribution in [2.24, 2.45) is 0 Å². The topological polar surface area (TPSA) is 47.6 Å². The molecule has 1 rings (SSSR count). The van der Waals surface area contributed by atoms with Gasteiger partial charge in [-0.2, -0.15) is 0 Å². The van der Waals surface area contributed by atoms with Crippen molar-refractivity contribution >= 4 is 27.5 Å². The monoisotopic (exact) mass is 343 g/mol. The number of methoxy groups -OCH3 is 1. The third kappa shape index (κ3) is 4.80. The Kier molecular flexibility index (Phi) is 7.02. The van der Waals surface area contributed by atoms with Crippen LogP contribution in [0.3, 0.4) is 0 Å². The summed E-state index contributed by atoms with van der Waals surface area (Å²) < 4.78 is 10.8. The molecule has 0 radical (unpaired) electrons. The number of carbonyl (C=O) groups excluding carboxylic acids is 1. The van der Waals surface area contributed by atoms with Gasteiger partial charge in [0, 0.05) is 18.1 Å². The highest BCUT2D eigenvalue weighted by atomic mass is 79.9. The molecule has 20 heavy (non-hydrogen) atoms. The molecule has 0 spiro atoms. The van der Waals surface area contributed by atoms with E-state index in [2.05, 4.69) is 21.2 Å². The van der Waals surface area contributed by atoms with Crippen LogP contribution in [0.5, 0.6) is 5.75 Å². The van der Waals surface area contributed by atoms with Crippen LogP contribution in [-0.4, -0.2) is 30.6 Å². The van der Waals surface area contributed by atoms with Crippen molar-refractivity contribution in [1.29, 1.82) is 0 Å². The Morgan fingerprint density at radius 2 is 2.00 bits per heavy atom. The maximum absolute atomic E-state index is 12.2. The summed E-state index contributed by atoms with van der Waals surface area (Å²) in [6.45, 7) is 4.45. The molecule has 0 heterocycles. The van der Waals surface area contributed by atoms with Crippen LogP contribution < -0.4 is 10.1 Å². The van der Waals surface area contributed by atoms with Gasteiger partial charge >= 0.3 is 0 Å². The number of benzene rings is 1. The van der Waals surface area contributed by atoms with Gasteiger partial charge in [-0.05, 0) is 37.6 Å². The molecule has 4 nitrogen and oxygen atoms in total. The first-order valence-electron chi connectivity index (χ1n) is 6.71. The number of hydrogen-bond donors (Lipinski definition) is 1. The van der Waals surface area contributed by atoms with Gasteiger partial charge in [-0.25, -0.2) is 0 Å². The van der Waals surface area contributed by atoms with Gasteiger partial charge < -0.3 is 14.8 Å². The summed E-state index contributed by atoms with van der Waals surface area (Å²) in [5.41, 5.74) is -0.0551. The Labute approximate surface area is 129 Å². The summed E-state index contributed by atoms with van der Waals surface area (Å²) >= 11 is 3.30. The van der Waals surface area contributed by atoms with E-state index in [1.165, 1.54) is 0 Å². The lowest BCUT2D eigenvalue weighted by atomic mass is 9.99. The Balaban J connectivity index is 2.65. The van der Waals surface area contributed by atoms with E-state index in [0.717, 1.165) is 23.2 Å². The van der Waals surface area contributed by atoms with Gasteiger partial charge in [-0.3, -0.25) is 4.79 Å². The van der Waals surface area contributed by atoms with Crippen LogP contribution in [0.4, 0.5) is 5.69 Å². The Bertz CT molecular complexity index is 422. The van der Waals surface area contributed by atoms with Gasteiger partial charge in [-0.1, -0.05) is 29.3 Å². The lowest BCUT2D eigenvalue weighted by Crippen LogP contribution is -2.41. The summed E-state index contributed by atoms with van der Waals surface area (Å²) in [5, 5.41) is 3.66. The van der Waals surface area contributed by atoms with Gasteiger partial charge in [0.05, 0.1) is 6.61 Å². The second-order valence-electron chi connectivity index (χ2n) is 4.70. The van der Waals surface area contributed by atoms with Crippen LogP contribution in [0.15, 0.2) is 24.3 Å². The molecule has 5 heteroatoms. The minimum Gasteiger partial charge on any atom is -0.493 e. The summed E-state index contributed by atoms with van der Waals surface area (Å²) in [7, 11) is 1.56. The number of hydrogen-bond acceptors (Lipinski definition) is 3. The smallest absolute Gasteiger partial charge is 0.256 e. The van der Waals surface area contributed by atoms with E-state index in [1.54, 1.807) is 14.0 Å². The molecular formula is C15H22BrNO3. The highest BCUT2D eigenvalue weighted by Gasteiger charge is 2.31. The zero-order chi connectivity index (χ0) is 15.0. The molecule has 1 aromatic carbocycles.